The Labute approximate surface area is 223 Å². The fraction of sp³-hybridized carbons (Fsp3) is 0.321. The number of nitrogens with one attached hydrogen (secondary N) is 3. The van der Waals surface area contributed by atoms with Crippen molar-refractivity contribution < 1.29 is 32.3 Å². The molecule has 1 aliphatic rings. The molecule has 0 unspecified atom stereocenters. The zero-order chi connectivity index (χ0) is 28.2. The molecule has 206 valence electrons. The van der Waals surface area contributed by atoms with Gasteiger partial charge in [-0.2, -0.15) is 13.2 Å². The van der Waals surface area contributed by atoms with Crippen LogP contribution >= 0.6 is 0 Å². The van der Waals surface area contributed by atoms with E-state index in [1.807, 2.05) is 29.2 Å². The smallest absolute Gasteiger partial charge is 0.431 e. The number of alkyl halides is 3. The lowest BCUT2D eigenvalue weighted by Gasteiger charge is -2.21. The van der Waals surface area contributed by atoms with E-state index in [1.165, 1.54) is 5.56 Å². The van der Waals surface area contributed by atoms with Gasteiger partial charge in [-0.25, -0.2) is 0 Å². The van der Waals surface area contributed by atoms with E-state index in [0.29, 0.717) is 23.1 Å². The summed E-state index contributed by atoms with van der Waals surface area (Å²) in [4.78, 5) is 40.9. The molecule has 1 saturated carbocycles. The van der Waals surface area contributed by atoms with Crippen molar-refractivity contribution in [2.75, 3.05) is 18.4 Å². The molecular formula is C28H29F3N4O4. The first-order chi connectivity index (χ1) is 18.5. The average Bonchev–Trinajstić information content (AvgIpc) is 3.53. The Morgan fingerprint density at radius 3 is 2.05 bits per heavy atom. The molecule has 3 amide bonds. The molecule has 2 aromatic carbocycles. The first-order valence-electron chi connectivity index (χ1n) is 12.5. The second-order valence-electron chi connectivity index (χ2n) is 9.68. The largest absolute Gasteiger partial charge is 0.457 e. The van der Waals surface area contributed by atoms with Gasteiger partial charge >= 0.3 is 6.18 Å². The van der Waals surface area contributed by atoms with Crippen LogP contribution < -0.4 is 15.4 Å². The molecule has 1 aromatic heterocycles. The molecule has 39 heavy (non-hydrogen) atoms. The molecule has 0 bridgehead atoms. The highest BCUT2D eigenvalue weighted by Crippen LogP contribution is 2.29. The maximum atomic E-state index is 13.0. The average molecular weight is 543 g/mol. The fourth-order valence-corrected chi connectivity index (χ4v) is 3.77. The highest BCUT2D eigenvalue weighted by Gasteiger charge is 2.34. The third kappa shape index (κ3) is 7.86. The Hall–Kier alpha value is -4.28. The second-order valence-corrected chi connectivity index (χ2v) is 9.68. The number of hydrogen-bond donors (Lipinski definition) is 3. The van der Waals surface area contributed by atoms with Gasteiger partial charge in [0.15, 0.2) is 0 Å². The molecule has 0 atom stereocenters. The van der Waals surface area contributed by atoms with Crippen molar-refractivity contribution in [3.8, 4) is 11.5 Å². The summed E-state index contributed by atoms with van der Waals surface area (Å²) >= 11 is 0. The van der Waals surface area contributed by atoms with E-state index in [2.05, 4.69) is 24.5 Å². The monoisotopic (exact) mass is 542 g/mol. The molecule has 4 rings (SSSR count). The first-order valence-corrected chi connectivity index (χ1v) is 12.5. The van der Waals surface area contributed by atoms with Crippen molar-refractivity contribution in [1.29, 1.82) is 0 Å². The Balaban J connectivity index is 1.39. The number of nitrogens with zero attached hydrogens (tertiary/aromatic N) is 1. The predicted octanol–water partition coefficient (Wildman–Crippen LogP) is 5.31. The van der Waals surface area contributed by atoms with Gasteiger partial charge in [0.2, 0.25) is 11.8 Å². The molecule has 8 nitrogen and oxygen atoms in total. The molecule has 0 saturated heterocycles. The summed E-state index contributed by atoms with van der Waals surface area (Å²) in [6, 6.07) is 16.0. The van der Waals surface area contributed by atoms with Crippen LogP contribution in [0.2, 0.25) is 0 Å². The molecule has 3 aromatic rings. The van der Waals surface area contributed by atoms with Gasteiger partial charge in [0.25, 0.3) is 5.91 Å². The van der Waals surface area contributed by atoms with Gasteiger partial charge in [-0.1, -0.05) is 26.0 Å². The number of carbonyl (C=O) groups excluding carboxylic acids is 3. The van der Waals surface area contributed by atoms with Crippen molar-refractivity contribution in [1.82, 2.24) is 15.2 Å². The Morgan fingerprint density at radius 1 is 0.923 bits per heavy atom. The number of aromatic nitrogens is 1. The second kappa shape index (κ2) is 11.6. The lowest BCUT2D eigenvalue weighted by atomic mass is 10.0. The number of anilines is 1. The van der Waals surface area contributed by atoms with Crippen LogP contribution in [0.25, 0.3) is 0 Å². The van der Waals surface area contributed by atoms with Crippen LogP contribution in [0.15, 0.2) is 60.7 Å². The molecule has 1 fully saturated rings. The van der Waals surface area contributed by atoms with E-state index >= 15 is 0 Å². The number of halogens is 3. The van der Waals surface area contributed by atoms with Gasteiger partial charge in [0.1, 0.15) is 36.0 Å². The third-order valence-electron chi connectivity index (χ3n) is 6.04. The van der Waals surface area contributed by atoms with Crippen LogP contribution in [0.5, 0.6) is 11.5 Å². The Bertz CT molecular complexity index is 1310. The summed E-state index contributed by atoms with van der Waals surface area (Å²) in [6.07, 6.45) is -3.04. The van der Waals surface area contributed by atoms with Crippen LogP contribution in [0.3, 0.4) is 0 Å². The highest BCUT2D eigenvalue weighted by molar-refractivity contribution is 6.00. The summed E-state index contributed by atoms with van der Waals surface area (Å²) in [5.41, 5.74) is 0.125. The number of rotatable bonds is 10. The molecule has 0 radical (unpaired) electrons. The highest BCUT2D eigenvalue weighted by atomic mass is 19.4. The van der Waals surface area contributed by atoms with E-state index in [4.69, 9.17) is 4.74 Å². The van der Waals surface area contributed by atoms with Gasteiger partial charge < -0.3 is 25.3 Å². The molecule has 1 aliphatic carbocycles. The summed E-state index contributed by atoms with van der Waals surface area (Å²) in [6.45, 7) is 3.18. The number of hydrogen-bond acceptors (Lipinski definition) is 4. The van der Waals surface area contributed by atoms with Crippen molar-refractivity contribution >= 4 is 23.4 Å². The zero-order valence-corrected chi connectivity index (χ0v) is 21.5. The number of aromatic amines is 1. The van der Waals surface area contributed by atoms with Crippen LogP contribution in [0, 0.1) is 0 Å². The van der Waals surface area contributed by atoms with Crippen molar-refractivity contribution in [3.05, 3.63) is 77.6 Å². The quantitative estimate of drug-likeness (QED) is 0.323. The third-order valence-corrected chi connectivity index (χ3v) is 6.04. The van der Waals surface area contributed by atoms with E-state index in [-0.39, 0.29) is 11.7 Å². The van der Waals surface area contributed by atoms with Gasteiger partial charge in [0, 0.05) is 11.7 Å². The maximum absolute atomic E-state index is 13.0. The molecule has 0 aliphatic heterocycles. The lowest BCUT2D eigenvalue weighted by molar-refractivity contribution is -0.140. The number of ether oxygens (including phenoxy) is 1. The Morgan fingerprint density at radius 2 is 1.51 bits per heavy atom. The fourth-order valence-electron chi connectivity index (χ4n) is 3.77. The minimum atomic E-state index is -4.67. The number of amides is 3. The van der Waals surface area contributed by atoms with Crippen LogP contribution in [0.4, 0.5) is 18.9 Å². The van der Waals surface area contributed by atoms with Crippen molar-refractivity contribution in [2.45, 2.75) is 44.8 Å². The minimum Gasteiger partial charge on any atom is -0.457 e. The van der Waals surface area contributed by atoms with Gasteiger partial charge in [-0.05, 0) is 72.9 Å². The molecule has 3 N–H and O–H groups in total. The van der Waals surface area contributed by atoms with E-state index in [0.717, 1.165) is 29.9 Å². The maximum Gasteiger partial charge on any atom is 0.431 e. The van der Waals surface area contributed by atoms with Gasteiger partial charge in [-0.15, -0.1) is 0 Å². The van der Waals surface area contributed by atoms with Crippen LogP contribution in [-0.2, 0) is 15.8 Å². The van der Waals surface area contributed by atoms with Gasteiger partial charge in [-0.3, -0.25) is 14.4 Å². The predicted molar refractivity (Wildman–Crippen MR) is 139 cm³/mol. The molecule has 0 spiro atoms. The normalized spacial score (nSPS) is 13.2. The lowest BCUT2D eigenvalue weighted by Crippen LogP contribution is -2.45. The molecule has 11 heteroatoms. The zero-order valence-electron chi connectivity index (χ0n) is 21.5. The SMILES string of the molecule is CC(C)c1ccc(Oc2ccc(NC(=O)CN(CC(=O)NC3CC3)C(=O)c3ccc(C(F)(F)F)[nH]3)cc2)cc1. The van der Waals surface area contributed by atoms with Crippen molar-refractivity contribution in [3.63, 3.8) is 0 Å². The minimum absolute atomic E-state index is 0.0134. The summed E-state index contributed by atoms with van der Waals surface area (Å²) < 4.78 is 44.8. The molecular weight excluding hydrogens is 513 g/mol. The van der Waals surface area contributed by atoms with E-state index < -0.39 is 42.7 Å². The molecule has 1 heterocycles. The van der Waals surface area contributed by atoms with Crippen molar-refractivity contribution in [2.24, 2.45) is 0 Å². The topological polar surface area (TPSA) is 104 Å². The number of H-pyrrole nitrogens is 1. The van der Waals surface area contributed by atoms with E-state index in [1.54, 1.807) is 24.3 Å². The van der Waals surface area contributed by atoms with E-state index in [9.17, 15) is 27.6 Å². The summed E-state index contributed by atoms with van der Waals surface area (Å²) in [5.74, 6) is -0.411. The van der Waals surface area contributed by atoms with Gasteiger partial charge in [0.05, 0.1) is 0 Å². The standard InChI is InChI=1S/C28H29F3N4O4/c1-17(2)18-3-9-21(10-4-18)39-22-11-7-20(8-12-22)33-26(37)16-35(15-25(36)32-19-5-6-19)27(38)23-13-14-24(34-23)28(29,30)31/h3-4,7-14,17,19,34H,5-6,15-16H2,1-2H3,(H,32,36)(H,33,37). The number of benzene rings is 2. The summed E-state index contributed by atoms with van der Waals surface area (Å²) in [7, 11) is 0. The Kier molecular flexibility index (Phi) is 8.27. The number of carbonyl (C=O) groups is 3. The van der Waals surface area contributed by atoms with Crippen LogP contribution in [-0.4, -0.2) is 46.7 Å². The first kappa shape index (κ1) is 27.7. The summed E-state index contributed by atoms with van der Waals surface area (Å²) in [5, 5.41) is 5.34. The van der Waals surface area contributed by atoms with Crippen LogP contribution in [0.1, 0.15) is 54.4 Å².